The lowest BCUT2D eigenvalue weighted by atomic mass is 10.1. The van der Waals surface area contributed by atoms with Crippen LogP contribution in [0.5, 0.6) is 0 Å². The second kappa shape index (κ2) is 3.04. The number of amides is 1. The maximum Gasteiger partial charge on any atom is 0.248 e. The van der Waals surface area contributed by atoms with Crippen LogP contribution in [0.2, 0.25) is 0 Å². The highest BCUT2D eigenvalue weighted by molar-refractivity contribution is 5.93. The second-order valence-electron chi connectivity index (χ2n) is 4.25. The van der Waals surface area contributed by atoms with Crippen molar-refractivity contribution >= 4 is 11.6 Å². The van der Waals surface area contributed by atoms with E-state index < -0.39 is 5.91 Å². The van der Waals surface area contributed by atoms with Gasteiger partial charge in [0, 0.05) is 11.3 Å². The molecule has 2 heterocycles. The number of carbonyl (C=O) groups is 1. The summed E-state index contributed by atoms with van der Waals surface area (Å²) in [5, 5.41) is 8.07. The Hall–Kier alpha value is -1.91. The van der Waals surface area contributed by atoms with Crippen molar-refractivity contribution in [1.82, 2.24) is 14.6 Å². The molecule has 5 heteroatoms. The Labute approximate surface area is 92.3 Å². The van der Waals surface area contributed by atoms with E-state index >= 15 is 0 Å². The third-order valence-corrected chi connectivity index (χ3v) is 2.98. The van der Waals surface area contributed by atoms with Gasteiger partial charge in [-0.25, -0.2) is 0 Å². The first kappa shape index (κ1) is 9.33. The molecule has 5 nitrogen and oxygen atoms in total. The van der Waals surface area contributed by atoms with E-state index in [0.29, 0.717) is 17.1 Å². The monoisotopic (exact) mass is 216 g/mol. The third kappa shape index (κ3) is 1.28. The number of rotatable bonds is 2. The molecule has 1 fully saturated rings. The van der Waals surface area contributed by atoms with Crippen LogP contribution in [0.1, 0.15) is 40.6 Å². The molecule has 3 rings (SSSR count). The van der Waals surface area contributed by atoms with Gasteiger partial charge in [0.15, 0.2) is 5.65 Å². The molecule has 0 saturated heterocycles. The lowest BCUT2D eigenvalue weighted by Gasteiger charge is -2.06. The average Bonchev–Trinajstić information content (AvgIpc) is 3.03. The fourth-order valence-corrected chi connectivity index (χ4v) is 2.02. The fourth-order valence-electron chi connectivity index (χ4n) is 2.02. The van der Waals surface area contributed by atoms with Gasteiger partial charge in [-0.2, -0.15) is 0 Å². The zero-order valence-corrected chi connectivity index (χ0v) is 8.97. The minimum atomic E-state index is -0.412. The van der Waals surface area contributed by atoms with Crippen molar-refractivity contribution in [3.8, 4) is 0 Å². The lowest BCUT2D eigenvalue weighted by molar-refractivity contribution is 0.1000. The Morgan fingerprint density at radius 2 is 2.19 bits per heavy atom. The summed E-state index contributed by atoms with van der Waals surface area (Å²) in [6.07, 6.45) is 2.32. The molecule has 82 valence electrons. The van der Waals surface area contributed by atoms with E-state index in [0.717, 1.165) is 24.4 Å². The van der Waals surface area contributed by atoms with Gasteiger partial charge in [-0.05, 0) is 37.8 Å². The van der Waals surface area contributed by atoms with Crippen LogP contribution in [0.3, 0.4) is 0 Å². The minimum Gasteiger partial charge on any atom is -0.366 e. The summed E-state index contributed by atoms with van der Waals surface area (Å²) < 4.78 is 2.00. The molecule has 0 spiro atoms. The first-order valence-corrected chi connectivity index (χ1v) is 5.32. The highest BCUT2D eigenvalue weighted by Crippen LogP contribution is 2.40. The number of pyridine rings is 1. The van der Waals surface area contributed by atoms with Gasteiger partial charge in [0.25, 0.3) is 0 Å². The van der Waals surface area contributed by atoms with Gasteiger partial charge in [0.05, 0.1) is 0 Å². The summed E-state index contributed by atoms with van der Waals surface area (Å²) in [7, 11) is 0. The molecule has 0 unspecified atom stereocenters. The number of aromatic nitrogens is 3. The molecule has 0 aromatic carbocycles. The first-order valence-electron chi connectivity index (χ1n) is 5.32. The zero-order valence-electron chi connectivity index (χ0n) is 8.97. The lowest BCUT2D eigenvalue weighted by Crippen LogP contribution is -2.12. The molecule has 16 heavy (non-hydrogen) atoms. The van der Waals surface area contributed by atoms with E-state index in [2.05, 4.69) is 10.2 Å². The highest BCUT2D eigenvalue weighted by Gasteiger charge is 2.27. The number of fused-ring (bicyclic) bond motifs is 1. The second-order valence-corrected chi connectivity index (χ2v) is 4.25. The van der Waals surface area contributed by atoms with Gasteiger partial charge in [0.1, 0.15) is 5.82 Å². The quantitative estimate of drug-likeness (QED) is 0.814. The Balaban J connectivity index is 2.32. The van der Waals surface area contributed by atoms with Crippen LogP contribution in [-0.2, 0) is 0 Å². The Morgan fingerprint density at radius 1 is 1.44 bits per heavy atom. The van der Waals surface area contributed by atoms with E-state index in [1.807, 2.05) is 17.4 Å². The van der Waals surface area contributed by atoms with Crippen LogP contribution >= 0.6 is 0 Å². The number of primary amides is 1. The van der Waals surface area contributed by atoms with Crippen molar-refractivity contribution in [3.05, 3.63) is 29.2 Å². The summed E-state index contributed by atoms with van der Waals surface area (Å²) in [5.41, 5.74) is 7.63. The van der Waals surface area contributed by atoms with E-state index in [9.17, 15) is 4.79 Å². The summed E-state index contributed by atoms with van der Waals surface area (Å²) in [5.74, 6) is 0.967. The van der Waals surface area contributed by atoms with Crippen LogP contribution in [0.4, 0.5) is 0 Å². The van der Waals surface area contributed by atoms with Crippen LogP contribution in [0.15, 0.2) is 12.1 Å². The van der Waals surface area contributed by atoms with Crippen LogP contribution in [0.25, 0.3) is 5.65 Å². The molecule has 2 aromatic rings. The smallest absolute Gasteiger partial charge is 0.248 e. The van der Waals surface area contributed by atoms with Gasteiger partial charge < -0.3 is 5.73 Å². The van der Waals surface area contributed by atoms with Gasteiger partial charge in [0.2, 0.25) is 5.91 Å². The normalized spacial score (nSPS) is 15.6. The molecular formula is C11H12N4O. The van der Waals surface area contributed by atoms with Crippen molar-refractivity contribution in [2.24, 2.45) is 5.73 Å². The summed E-state index contributed by atoms with van der Waals surface area (Å²) in [6.45, 7) is 1.91. The maximum absolute atomic E-state index is 11.2. The Bertz CT molecular complexity index is 583. The van der Waals surface area contributed by atoms with E-state index in [4.69, 9.17) is 5.73 Å². The largest absolute Gasteiger partial charge is 0.366 e. The number of carbonyl (C=O) groups excluding carboxylic acids is 1. The zero-order chi connectivity index (χ0) is 11.3. The molecule has 1 aliphatic rings. The van der Waals surface area contributed by atoms with E-state index in [-0.39, 0.29) is 0 Å². The van der Waals surface area contributed by atoms with Gasteiger partial charge in [-0.3, -0.25) is 9.20 Å². The summed E-state index contributed by atoms with van der Waals surface area (Å²) in [4.78, 5) is 11.2. The predicted molar refractivity (Wildman–Crippen MR) is 58.2 cm³/mol. The topological polar surface area (TPSA) is 73.3 Å². The minimum absolute atomic E-state index is 0.412. The number of aryl methyl sites for hydroxylation is 1. The Morgan fingerprint density at radius 3 is 2.81 bits per heavy atom. The van der Waals surface area contributed by atoms with Crippen molar-refractivity contribution in [2.75, 3.05) is 0 Å². The maximum atomic E-state index is 11.2. The SMILES string of the molecule is Cc1nnc2cc(C(N)=O)cc(C3CC3)n12. The fraction of sp³-hybridized carbons (Fsp3) is 0.364. The first-order chi connectivity index (χ1) is 7.66. The van der Waals surface area contributed by atoms with Crippen molar-refractivity contribution in [3.63, 3.8) is 0 Å². The third-order valence-electron chi connectivity index (χ3n) is 2.98. The molecular weight excluding hydrogens is 204 g/mol. The van der Waals surface area contributed by atoms with Crippen molar-refractivity contribution in [1.29, 1.82) is 0 Å². The summed E-state index contributed by atoms with van der Waals surface area (Å²) in [6, 6.07) is 3.55. The number of hydrogen-bond acceptors (Lipinski definition) is 3. The molecule has 1 saturated carbocycles. The molecule has 0 aliphatic heterocycles. The molecule has 0 bridgehead atoms. The predicted octanol–water partition coefficient (Wildman–Crippen LogP) is 1.01. The van der Waals surface area contributed by atoms with Crippen LogP contribution in [-0.4, -0.2) is 20.5 Å². The van der Waals surface area contributed by atoms with Crippen LogP contribution < -0.4 is 5.73 Å². The number of hydrogen-bond donors (Lipinski definition) is 1. The molecule has 2 aromatic heterocycles. The van der Waals surface area contributed by atoms with E-state index in [1.165, 1.54) is 0 Å². The Kier molecular flexibility index (Phi) is 1.77. The number of nitrogens with zero attached hydrogens (tertiary/aromatic N) is 3. The summed E-state index contributed by atoms with van der Waals surface area (Å²) >= 11 is 0. The van der Waals surface area contributed by atoms with Gasteiger partial charge >= 0.3 is 0 Å². The molecule has 0 radical (unpaired) electrons. The molecule has 1 amide bonds. The van der Waals surface area contributed by atoms with Gasteiger partial charge in [-0.1, -0.05) is 0 Å². The van der Waals surface area contributed by atoms with E-state index in [1.54, 1.807) is 6.07 Å². The average molecular weight is 216 g/mol. The molecule has 1 aliphatic carbocycles. The molecule has 2 N–H and O–H groups in total. The van der Waals surface area contributed by atoms with Crippen LogP contribution in [0, 0.1) is 6.92 Å². The molecule has 0 atom stereocenters. The van der Waals surface area contributed by atoms with Crippen molar-refractivity contribution < 1.29 is 4.79 Å². The number of nitrogens with two attached hydrogens (primary N) is 1. The van der Waals surface area contributed by atoms with Gasteiger partial charge in [-0.15, -0.1) is 10.2 Å². The standard InChI is InChI=1S/C11H12N4O/c1-6-13-14-10-5-8(11(12)16)4-9(15(6)10)7-2-3-7/h4-5,7H,2-3H2,1H3,(H2,12,16). The van der Waals surface area contributed by atoms with Crippen molar-refractivity contribution in [2.45, 2.75) is 25.7 Å². The highest BCUT2D eigenvalue weighted by atomic mass is 16.1.